The van der Waals surface area contributed by atoms with Crippen LogP contribution in [0.3, 0.4) is 0 Å². The summed E-state index contributed by atoms with van der Waals surface area (Å²) in [6, 6.07) is 14.1. The number of thiazole rings is 1. The van der Waals surface area contributed by atoms with E-state index in [4.69, 9.17) is 4.74 Å². The minimum Gasteiger partial charge on any atom is -0.494 e. The quantitative estimate of drug-likeness (QED) is 0.530. The maximum atomic E-state index is 13.0. The number of nitrogens with zero attached hydrogens (tertiary/aromatic N) is 2. The van der Waals surface area contributed by atoms with Gasteiger partial charge in [0.05, 0.1) is 22.2 Å². The smallest absolute Gasteiger partial charge is 0.243 e. The summed E-state index contributed by atoms with van der Waals surface area (Å²) in [5.41, 5.74) is 2.56. The third-order valence-corrected chi connectivity index (χ3v) is 8.33. The first-order valence-electron chi connectivity index (χ1n) is 10.9. The largest absolute Gasteiger partial charge is 0.494 e. The van der Waals surface area contributed by atoms with Crippen LogP contribution in [-0.4, -0.2) is 43.3 Å². The molecule has 174 valence electrons. The Labute approximate surface area is 198 Å². The predicted octanol–water partition coefficient (Wildman–Crippen LogP) is 4.56. The van der Waals surface area contributed by atoms with Gasteiger partial charge in [-0.15, -0.1) is 11.3 Å². The van der Waals surface area contributed by atoms with Crippen molar-refractivity contribution in [3.8, 4) is 17.0 Å². The molecule has 1 aliphatic rings. The molecule has 7 nitrogen and oxygen atoms in total. The van der Waals surface area contributed by atoms with Crippen LogP contribution in [0.25, 0.3) is 11.3 Å². The molecule has 1 aromatic heterocycles. The number of hydrogen-bond donors (Lipinski definition) is 1. The van der Waals surface area contributed by atoms with Crippen molar-refractivity contribution in [3.63, 3.8) is 0 Å². The van der Waals surface area contributed by atoms with Gasteiger partial charge < -0.3 is 10.1 Å². The zero-order valence-electron chi connectivity index (χ0n) is 18.7. The standard InChI is InChI=1S/C24H27N3O4S2/c1-3-31-21-7-9-22(10-8-21)33(29,30)27-13-11-18(12-14-27)24(28)26-20-6-4-5-19(15-20)23-16-32-17(2)25-23/h4-10,15-16,18H,3,11-14H2,1-2H3,(H,26,28). The van der Waals surface area contributed by atoms with Gasteiger partial charge >= 0.3 is 0 Å². The number of aryl methyl sites for hydroxylation is 1. The monoisotopic (exact) mass is 485 g/mol. The fourth-order valence-corrected chi connectivity index (χ4v) is 5.97. The Bertz CT molecular complexity index is 1210. The molecule has 2 heterocycles. The first-order chi connectivity index (χ1) is 15.9. The van der Waals surface area contributed by atoms with Crippen LogP contribution in [0.1, 0.15) is 24.8 Å². The van der Waals surface area contributed by atoms with E-state index in [1.54, 1.807) is 35.6 Å². The molecule has 1 amide bonds. The number of anilines is 1. The Balaban J connectivity index is 1.36. The van der Waals surface area contributed by atoms with Gasteiger partial charge in [-0.25, -0.2) is 13.4 Å². The molecule has 1 N–H and O–H groups in total. The van der Waals surface area contributed by atoms with Gasteiger partial charge in [-0.3, -0.25) is 4.79 Å². The lowest BCUT2D eigenvalue weighted by molar-refractivity contribution is -0.120. The van der Waals surface area contributed by atoms with E-state index < -0.39 is 10.0 Å². The van der Waals surface area contributed by atoms with Crippen LogP contribution in [0.15, 0.2) is 58.8 Å². The number of ether oxygens (including phenoxy) is 1. The van der Waals surface area contributed by atoms with Crippen LogP contribution in [0, 0.1) is 12.8 Å². The van der Waals surface area contributed by atoms with Gasteiger partial charge in [-0.1, -0.05) is 12.1 Å². The van der Waals surface area contributed by atoms with E-state index in [0.717, 1.165) is 16.3 Å². The summed E-state index contributed by atoms with van der Waals surface area (Å²) < 4.78 is 32.8. The maximum Gasteiger partial charge on any atom is 0.243 e. The number of carbonyl (C=O) groups excluding carboxylic acids is 1. The molecule has 3 aromatic rings. The molecule has 0 atom stereocenters. The highest BCUT2D eigenvalue weighted by molar-refractivity contribution is 7.89. The Morgan fingerprint density at radius 1 is 1.18 bits per heavy atom. The molecule has 0 saturated carbocycles. The summed E-state index contributed by atoms with van der Waals surface area (Å²) in [5.74, 6) is 0.322. The van der Waals surface area contributed by atoms with Crippen molar-refractivity contribution < 1.29 is 17.9 Å². The number of carbonyl (C=O) groups is 1. The number of hydrogen-bond acceptors (Lipinski definition) is 6. The topological polar surface area (TPSA) is 88.6 Å². The van der Waals surface area contributed by atoms with Gasteiger partial charge in [-0.05, 0) is 63.1 Å². The number of benzene rings is 2. The van der Waals surface area contributed by atoms with Crippen molar-refractivity contribution in [2.24, 2.45) is 5.92 Å². The lowest BCUT2D eigenvalue weighted by Crippen LogP contribution is -2.41. The van der Waals surface area contributed by atoms with Crippen molar-refractivity contribution in [3.05, 3.63) is 58.9 Å². The van der Waals surface area contributed by atoms with Crippen LogP contribution >= 0.6 is 11.3 Å². The number of nitrogens with one attached hydrogen (secondary N) is 1. The average Bonchev–Trinajstić information content (AvgIpc) is 3.26. The number of piperidine rings is 1. The van der Waals surface area contributed by atoms with Crippen molar-refractivity contribution >= 4 is 33.0 Å². The molecule has 0 bridgehead atoms. The number of amides is 1. The summed E-state index contributed by atoms with van der Waals surface area (Å²) in [5, 5.41) is 5.98. The second-order valence-corrected chi connectivity index (χ2v) is 10.9. The Morgan fingerprint density at radius 3 is 2.55 bits per heavy atom. The second-order valence-electron chi connectivity index (χ2n) is 7.90. The fraction of sp³-hybridized carbons (Fsp3) is 0.333. The van der Waals surface area contributed by atoms with E-state index >= 15 is 0 Å². The highest BCUT2D eigenvalue weighted by atomic mass is 32.2. The van der Waals surface area contributed by atoms with E-state index in [2.05, 4.69) is 10.3 Å². The van der Waals surface area contributed by atoms with Gasteiger partial charge in [0.1, 0.15) is 5.75 Å². The highest BCUT2D eigenvalue weighted by Gasteiger charge is 2.32. The van der Waals surface area contributed by atoms with Crippen molar-refractivity contribution in [1.82, 2.24) is 9.29 Å². The van der Waals surface area contributed by atoms with Gasteiger partial charge in [0.25, 0.3) is 0 Å². The van der Waals surface area contributed by atoms with Crippen LogP contribution in [0.2, 0.25) is 0 Å². The predicted molar refractivity (Wildman–Crippen MR) is 130 cm³/mol. The van der Waals surface area contributed by atoms with Crippen LogP contribution in [-0.2, 0) is 14.8 Å². The second kappa shape index (κ2) is 10.0. The van der Waals surface area contributed by atoms with E-state index in [1.807, 2.05) is 43.5 Å². The highest BCUT2D eigenvalue weighted by Crippen LogP contribution is 2.28. The molecule has 9 heteroatoms. The Hall–Kier alpha value is -2.75. The van der Waals surface area contributed by atoms with Crippen molar-refractivity contribution in [2.75, 3.05) is 25.0 Å². The summed E-state index contributed by atoms with van der Waals surface area (Å²) >= 11 is 1.59. The SMILES string of the molecule is CCOc1ccc(S(=O)(=O)N2CCC(C(=O)Nc3cccc(-c4csc(C)n4)c3)CC2)cc1. The lowest BCUT2D eigenvalue weighted by Gasteiger charge is -2.30. The third-order valence-electron chi connectivity index (χ3n) is 5.64. The molecule has 2 aromatic carbocycles. The molecule has 0 spiro atoms. The zero-order chi connectivity index (χ0) is 23.4. The number of sulfonamides is 1. The van der Waals surface area contributed by atoms with E-state index in [1.165, 1.54) is 4.31 Å². The van der Waals surface area contributed by atoms with Crippen molar-refractivity contribution in [1.29, 1.82) is 0 Å². The maximum absolute atomic E-state index is 13.0. The first-order valence-corrected chi connectivity index (χ1v) is 13.2. The number of aromatic nitrogens is 1. The minimum atomic E-state index is -3.60. The van der Waals surface area contributed by atoms with Gasteiger partial charge in [0, 0.05) is 35.6 Å². The summed E-state index contributed by atoms with van der Waals surface area (Å²) in [7, 11) is -3.60. The molecular formula is C24H27N3O4S2. The Kier molecular flexibility index (Phi) is 7.11. The van der Waals surface area contributed by atoms with E-state index in [9.17, 15) is 13.2 Å². The number of rotatable bonds is 7. The summed E-state index contributed by atoms with van der Waals surface area (Å²) in [4.78, 5) is 17.6. The van der Waals surface area contributed by atoms with Crippen LogP contribution < -0.4 is 10.1 Å². The lowest BCUT2D eigenvalue weighted by atomic mass is 9.97. The molecule has 1 fully saturated rings. The molecule has 1 aliphatic heterocycles. The fourth-order valence-electron chi connectivity index (χ4n) is 3.88. The molecule has 0 aliphatic carbocycles. The molecule has 4 rings (SSSR count). The minimum absolute atomic E-state index is 0.0836. The first kappa shape index (κ1) is 23.4. The van der Waals surface area contributed by atoms with Crippen molar-refractivity contribution in [2.45, 2.75) is 31.6 Å². The van der Waals surface area contributed by atoms with Crippen LogP contribution in [0.4, 0.5) is 5.69 Å². The van der Waals surface area contributed by atoms with E-state index in [-0.39, 0.29) is 16.7 Å². The summed E-state index contributed by atoms with van der Waals surface area (Å²) in [6.45, 7) is 4.99. The molecular weight excluding hydrogens is 458 g/mol. The Morgan fingerprint density at radius 2 is 1.91 bits per heavy atom. The van der Waals surface area contributed by atoms with Gasteiger partial charge in [0.15, 0.2) is 0 Å². The average molecular weight is 486 g/mol. The molecule has 33 heavy (non-hydrogen) atoms. The van der Waals surface area contributed by atoms with E-state index in [0.29, 0.717) is 44.0 Å². The molecule has 0 radical (unpaired) electrons. The zero-order valence-corrected chi connectivity index (χ0v) is 20.3. The molecule has 1 saturated heterocycles. The molecule has 0 unspecified atom stereocenters. The van der Waals surface area contributed by atoms with Gasteiger partial charge in [-0.2, -0.15) is 4.31 Å². The summed E-state index contributed by atoms with van der Waals surface area (Å²) in [6.07, 6.45) is 0.958. The van der Waals surface area contributed by atoms with Gasteiger partial charge in [0.2, 0.25) is 15.9 Å². The van der Waals surface area contributed by atoms with Crippen LogP contribution in [0.5, 0.6) is 5.75 Å². The normalized spacial score (nSPS) is 15.3. The third kappa shape index (κ3) is 5.43.